The van der Waals surface area contributed by atoms with E-state index in [0.717, 1.165) is 30.4 Å². The molecule has 1 aliphatic rings. The Morgan fingerprint density at radius 1 is 1.12 bits per heavy atom. The number of rotatable bonds is 5. The van der Waals surface area contributed by atoms with E-state index in [1.54, 1.807) is 6.07 Å². The van der Waals surface area contributed by atoms with Crippen LogP contribution in [0.5, 0.6) is 5.75 Å². The predicted octanol–water partition coefficient (Wildman–Crippen LogP) is 5.79. The minimum absolute atomic E-state index is 0.105. The van der Waals surface area contributed by atoms with E-state index >= 15 is 0 Å². The number of nitro benzene ring substituents is 1. The van der Waals surface area contributed by atoms with Gasteiger partial charge in [-0.2, -0.15) is 0 Å². The molecule has 0 amide bonds. The van der Waals surface area contributed by atoms with E-state index in [1.807, 2.05) is 38.1 Å². The summed E-state index contributed by atoms with van der Waals surface area (Å²) >= 11 is 0. The van der Waals surface area contributed by atoms with Gasteiger partial charge >= 0.3 is 0 Å². The van der Waals surface area contributed by atoms with E-state index in [2.05, 4.69) is 19.1 Å². The van der Waals surface area contributed by atoms with E-state index in [-0.39, 0.29) is 10.6 Å². The second-order valence-corrected chi connectivity index (χ2v) is 6.97. The Kier molecular flexibility index (Phi) is 4.62. The van der Waals surface area contributed by atoms with E-state index in [4.69, 9.17) is 4.74 Å². The van der Waals surface area contributed by atoms with Crippen LogP contribution in [0.4, 0.5) is 5.69 Å². The molecular formula is C21H23NO3. The van der Waals surface area contributed by atoms with Crippen LogP contribution in [0.3, 0.4) is 0 Å². The maximum absolute atomic E-state index is 11.6. The highest BCUT2D eigenvalue weighted by atomic mass is 16.6. The molecule has 4 heteroatoms. The normalized spacial score (nSPS) is 14.7. The SMILES string of the molecule is CCCCc1ccc(-c2c([N+](=O)[O-])ccc3c2C=CC(C)(C)O3)cc1. The minimum Gasteiger partial charge on any atom is -0.483 e. The fourth-order valence-corrected chi connectivity index (χ4v) is 3.12. The van der Waals surface area contributed by atoms with Crippen molar-refractivity contribution in [2.75, 3.05) is 0 Å². The maximum atomic E-state index is 11.6. The van der Waals surface area contributed by atoms with Gasteiger partial charge in [0.2, 0.25) is 0 Å². The van der Waals surface area contributed by atoms with Gasteiger partial charge in [-0.25, -0.2) is 0 Å². The van der Waals surface area contributed by atoms with Gasteiger partial charge in [-0.05, 0) is 50.0 Å². The molecule has 2 aromatic carbocycles. The van der Waals surface area contributed by atoms with Crippen LogP contribution in [-0.2, 0) is 6.42 Å². The summed E-state index contributed by atoms with van der Waals surface area (Å²) in [6, 6.07) is 11.3. The highest BCUT2D eigenvalue weighted by molar-refractivity contribution is 5.86. The molecule has 0 radical (unpaired) electrons. The van der Waals surface area contributed by atoms with Crippen LogP contribution in [0.2, 0.25) is 0 Å². The molecule has 0 saturated heterocycles. The third-order valence-electron chi connectivity index (χ3n) is 4.47. The number of ether oxygens (including phenoxy) is 1. The zero-order valence-corrected chi connectivity index (χ0v) is 14.9. The van der Waals surface area contributed by atoms with Gasteiger partial charge in [-0.3, -0.25) is 10.1 Å². The number of benzene rings is 2. The second-order valence-electron chi connectivity index (χ2n) is 6.97. The van der Waals surface area contributed by atoms with E-state index < -0.39 is 5.60 Å². The van der Waals surface area contributed by atoms with Crippen molar-refractivity contribution in [3.63, 3.8) is 0 Å². The number of hydrogen-bond donors (Lipinski definition) is 0. The lowest BCUT2D eigenvalue weighted by Crippen LogP contribution is -2.27. The molecule has 0 aliphatic carbocycles. The number of hydrogen-bond acceptors (Lipinski definition) is 3. The standard InChI is InChI=1S/C21H23NO3/c1-4-5-6-15-7-9-16(10-8-15)20-17-13-14-21(2,3)25-19(17)12-11-18(20)22(23)24/h7-14H,4-6H2,1-3H3. The van der Waals surface area contributed by atoms with Crippen LogP contribution in [0, 0.1) is 10.1 Å². The summed E-state index contributed by atoms with van der Waals surface area (Å²) in [4.78, 5) is 11.2. The van der Waals surface area contributed by atoms with Gasteiger partial charge in [0.1, 0.15) is 11.4 Å². The summed E-state index contributed by atoms with van der Waals surface area (Å²) in [6.45, 7) is 6.11. The predicted molar refractivity (Wildman–Crippen MR) is 101 cm³/mol. The van der Waals surface area contributed by atoms with Crippen molar-refractivity contribution >= 4 is 11.8 Å². The molecule has 0 fully saturated rings. The number of nitro groups is 1. The van der Waals surface area contributed by atoms with Gasteiger partial charge in [0, 0.05) is 11.6 Å². The molecule has 0 N–H and O–H groups in total. The lowest BCUT2D eigenvalue weighted by atomic mass is 9.92. The molecule has 0 saturated carbocycles. The van der Waals surface area contributed by atoms with E-state index in [1.165, 1.54) is 11.6 Å². The van der Waals surface area contributed by atoms with Gasteiger partial charge in [-0.15, -0.1) is 0 Å². The van der Waals surface area contributed by atoms with Gasteiger partial charge in [0.25, 0.3) is 5.69 Å². The number of aryl methyl sites for hydroxylation is 1. The molecule has 2 aromatic rings. The van der Waals surface area contributed by atoms with Crippen molar-refractivity contribution in [1.82, 2.24) is 0 Å². The Labute approximate surface area is 148 Å². The van der Waals surface area contributed by atoms with Crippen molar-refractivity contribution in [3.8, 4) is 16.9 Å². The van der Waals surface area contributed by atoms with E-state index in [0.29, 0.717) is 11.3 Å². The third kappa shape index (κ3) is 3.58. The third-order valence-corrected chi connectivity index (χ3v) is 4.47. The number of unbranched alkanes of at least 4 members (excludes halogenated alkanes) is 1. The van der Waals surface area contributed by atoms with Gasteiger partial charge < -0.3 is 4.74 Å². The fourth-order valence-electron chi connectivity index (χ4n) is 3.12. The van der Waals surface area contributed by atoms with Crippen molar-refractivity contribution in [2.24, 2.45) is 0 Å². The zero-order valence-electron chi connectivity index (χ0n) is 14.9. The van der Waals surface area contributed by atoms with Gasteiger partial charge in [0.15, 0.2) is 0 Å². The van der Waals surface area contributed by atoms with Crippen LogP contribution in [-0.4, -0.2) is 10.5 Å². The topological polar surface area (TPSA) is 52.4 Å². The first-order chi connectivity index (χ1) is 11.9. The molecule has 3 rings (SSSR count). The Morgan fingerprint density at radius 2 is 1.84 bits per heavy atom. The summed E-state index contributed by atoms with van der Waals surface area (Å²) in [6.07, 6.45) is 7.20. The minimum atomic E-state index is -0.412. The lowest BCUT2D eigenvalue weighted by Gasteiger charge is -2.28. The average molecular weight is 337 g/mol. The van der Waals surface area contributed by atoms with Crippen LogP contribution in [0.25, 0.3) is 17.2 Å². The first-order valence-corrected chi connectivity index (χ1v) is 8.70. The smallest absolute Gasteiger partial charge is 0.278 e. The first-order valence-electron chi connectivity index (χ1n) is 8.70. The fraction of sp³-hybridized carbons (Fsp3) is 0.333. The molecule has 0 aromatic heterocycles. The number of nitrogens with zero attached hydrogens (tertiary/aromatic N) is 1. The average Bonchev–Trinajstić information content (AvgIpc) is 2.58. The Bertz CT molecular complexity index is 820. The van der Waals surface area contributed by atoms with Crippen molar-refractivity contribution < 1.29 is 9.66 Å². The van der Waals surface area contributed by atoms with Crippen molar-refractivity contribution in [3.05, 3.63) is 63.7 Å². The van der Waals surface area contributed by atoms with Crippen molar-refractivity contribution in [1.29, 1.82) is 0 Å². The van der Waals surface area contributed by atoms with Crippen molar-refractivity contribution in [2.45, 2.75) is 45.6 Å². The molecule has 0 spiro atoms. The first kappa shape index (κ1) is 17.2. The molecule has 0 atom stereocenters. The molecule has 1 heterocycles. The molecule has 1 aliphatic heterocycles. The molecule has 4 nitrogen and oxygen atoms in total. The Morgan fingerprint density at radius 3 is 2.48 bits per heavy atom. The monoisotopic (exact) mass is 337 g/mol. The van der Waals surface area contributed by atoms with Crippen LogP contribution in [0.1, 0.15) is 44.7 Å². The lowest BCUT2D eigenvalue weighted by molar-refractivity contribution is -0.384. The summed E-state index contributed by atoms with van der Waals surface area (Å²) in [5.41, 5.74) is 3.19. The largest absolute Gasteiger partial charge is 0.483 e. The highest BCUT2D eigenvalue weighted by Crippen LogP contribution is 2.42. The molecule has 0 bridgehead atoms. The van der Waals surface area contributed by atoms with Crippen LogP contribution >= 0.6 is 0 Å². The highest BCUT2D eigenvalue weighted by Gasteiger charge is 2.28. The molecule has 0 unspecified atom stereocenters. The zero-order chi connectivity index (χ0) is 18.0. The Balaban J connectivity index is 2.09. The molecular weight excluding hydrogens is 314 g/mol. The maximum Gasteiger partial charge on any atom is 0.278 e. The molecule has 25 heavy (non-hydrogen) atoms. The van der Waals surface area contributed by atoms with Crippen LogP contribution in [0.15, 0.2) is 42.5 Å². The van der Waals surface area contributed by atoms with E-state index in [9.17, 15) is 10.1 Å². The number of fused-ring (bicyclic) bond motifs is 1. The summed E-state index contributed by atoms with van der Waals surface area (Å²) in [5.74, 6) is 0.683. The van der Waals surface area contributed by atoms with Gasteiger partial charge in [-0.1, -0.05) is 43.7 Å². The summed E-state index contributed by atoms with van der Waals surface area (Å²) < 4.78 is 5.98. The summed E-state index contributed by atoms with van der Waals surface area (Å²) in [5, 5.41) is 11.6. The second kappa shape index (κ2) is 6.71. The van der Waals surface area contributed by atoms with Crippen LogP contribution < -0.4 is 4.74 Å². The Hall–Kier alpha value is -2.62. The quantitative estimate of drug-likeness (QED) is 0.512. The molecule has 130 valence electrons. The van der Waals surface area contributed by atoms with Gasteiger partial charge in [0.05, 0.1) is 10.5 Å². The summed E-state index contributed by atoms with van der Waals surface area (Å²) in [7, 11) is 0.